The summed E-state index contributed by atoms with van der Waals surface area (Å²) in [5, 5.41) is 0. The third-order valence-electron chi connectivity index (χ3n) is 3.20. The first-order chi connectivity index (χ1) is 8.34. The zero-order chi connectivity index (χ0) is 12.3. The maximum absolute atomic E-state index is 11.7. The zero-order valence-corrected chi connectivity index (χ0v) is 11.1. The van der Waals surface area contributed by atoms with E-state index in [2.05, 4.69) is 6.92 Å². The van der Waals surface area contributed by atoms with Crippen LogP contribution in [0.3, 0.4) is 0 Å². The van der Waals surface area contributed by atoms with Gasteiger partial charge in [0.1, 0.15) is 6.10 Å². The molecule has 0 N–H and O–H groups in total. The van der Waals surface area contributed by atoms with Crippen LogP contribution in [0.5, 0.6) is 0 Å². The van der Waals surface area contributed by atoms with Gasteiger partial charge in [0.2, 0.25) is 0 Å². The van der Waals surface area contributed by atoms with Crippen LogP contribution in [-0.2, 0) is 14.3 Å². The van der Waals surface area contributed by atoms with Gasteiger partial charge < -0.3 is 9.47 Å². The molecule has 0 spiro atoms. The van der Waals surface area contributed by atoms with Crippen LogP contribution in [0.1, 0.15) is 58.3 Å². The summed E-state index contributed by atoms with van der Waals surface area (Å²) in [6, 6.07) is 0. The summed E-state index contributed by atoms with van der Waals surface area (Å²) in [6.45, 7) is 3.87. The maximum atomic E-state index is 11.7. The van der Waals surface area contributed by atoms with E-state index in [-0.39, 0.29) is 11.9 Å². The van der Waals surface area contributed by atoms with Crippen molar-refractivity contribution in [1.82, 2.24) is 0 Å². The molecule has 0 aromatic carbocycles. The molecule has 1 aliphatic rings. The Balaban J connectivity index is 1.92. The third kappa shape index (κ3) is 6.79. The molecule has 0 radical (unpaired) electrons. The number of carbonyl (C=O) groups excluding carboxylic acids is 1. The van der Waals surface area contributed by atoms with Crippen LogP contribution < -0.4 is 0 Å². The Morgan fingerprint density at radius 3 is 2.41 bits per heavy atom. The molecular formula is C14H26O3. The zero-order valence-electron chi connectivity index (χ0n) is 11.1. The molecule has 3 heteroatoms. The van der Waals surface area contributed by atoms with Gasteiger partial charge in [0.05, 0.1) is 19.8 Å². The van der Waals surface area contributed by atoms with Crippen LogP contribution >= 0.6 is 0 Å². The number of ether oxygens (including phenoxy) is 2. The van der Waals surface area contributed by atoms with E-state index in [0.29, 0.717) is 26.2 Å². The summed E-state index contributed by atoms with van der Waals surface area (Å²) < 4.78 is 10.6. The second-order valence-electron chi connectivity index (χ2n) is 4.77. The summed E-state index contributed by atoms with van der Waals surface area (Å²) in [4.78, 5) is 11.7. The van der Waals surface area contributed by atoms with Gasteiger partial charge in [0.25, 0.3) is 0 Å². The highest BCUT2D eigenvalue weighted by Crippen LogP contribution is 2.11. The maximum Gasteiger partial charge on any atom is 0.163 e. The lowest BCUT2D eigenvalue weighted by molar-refractivity contribution is -0.145. The smallest absolute Gasteiger partial charge is 0.163 e. The molecule has 0 aromatic rings. The van der Waals surface area contributed by atoms with Crippen molar-refractivity contribution in [3.63, 3.8) is 0 Å². The molecule has 0 amide bonds. The van der Waals surface area contributed by atoms with Gasteiger partial charge in [-0.2, -0.15) is 0 Å². The standard InChI is InChI=1S/C14H26O3/c1-2-3-4-5-6-7-8-9-13(15)14-12-16-10-11-17-14/h14H,2-12H2,1H3. The van der Waals surface area contributed by atoms with Gasteiger partial charge >= 0.3 is 0 Å². The average molecular weight is 242 g/mol. The van der Waals surface area contributed by atoms with Crippen molar-refractivity contribution >= 4 is 5.78 Å². The molecule has 1 unspecified atom stereocenters. The molecule has 0 bridgehead atoms. The van der Waals surface area contributed by atoms with E-state index in [1.54, 1.807) is 0 Å². The predicted molar refractivity (Wildman–Crippen MR) is 68.2 cm³/mol. The second-order valence-corrected chi connectivity index (χ2v) is 4.77. The molecule has 3 nitrogen and oxygen atoms in total. The molecule has 100 valence electrons. The van der Waals surface area contributed by atoms with Gasteiger partial charge in [-0.1, -0.05) is 45.4 Å². The molecule has 0 aromatic heterocycles. The highest BCUT2D eigenvalue weighted by molar-refractivity contribution is 5.83. The van der Waals surface area contributed by atoms with Crippen molar-refractivity contribution in [2.45, 2.75) is 64.4 Å². The quantitative estimate of drug-likeness (QED) is 0.583. The van der Waals surface area contributed by atoms with Crippen molar-refractivity contribution in [2.24, 2.45) is 0 Å². The van der Waals surface area contributed by atoms with Gasteiger partial charge in [-0.05, 0) is 6.42 Å². The number of hydrogen-bond acceptors (Lipinski definition) is 3. The molecule has 0 saturated carbocycles. The Kier molecular flexibility index (Phi) is 8.28. The van der Waals surface area contributed by atoms with Gasteiger partial charge in [0, 0.05) is 6.42 Å². The first-order valence-electron chi connectivity index (χ1n) is 7.06. The molecule has 1 saturated heterocycles. The van der Waals surface area contributed by atoms with Gasteiger partial charge in [-0.15, -0.1) is 0 Å². The van der Waals surface area contributed by atoms with E-state index >= 15 is 0 Å². The summed E-state index contributed by atoms with van der Waals surface area (Å²) in [5.41, 5.74) is 0. The lowest BCUT2D eigenvalue weighted by Crippen LogP contribution is -2.35. The first-order valence-corrected chi connectivity index (χ1v) is 7.06. The fourth-order valence-corrected chi connectivity index (χ4v) is 2.09. The molecule has 1 rings (SSSR count). The normalized spacial score (nSPS) is 20.4. The van der Waals surface area contributed by atoms with Crippen molar-refractivity contribution in [3.8, 4) is 0 Å². The highest BCUT2D eigenvalue weighted by Gasteiger charge is 2.21. The Morgan fingerprint density at radius 1 is 1.06 bits per heavy atom. The number of Topliss-reactive ketones (excluding diaryl/α,β-unsaturated/α-hetero) is 1. The molecule has 1 heterocycles. The number of ketones is 1. The fourth-order valence-electron chi connectivity index (χ4n) is 2.09. The monoisotopic (exact) mass is 242 g/mol. The lowest BCUT2D eigenvalue weighted by Gasteiger charge is -2.21. The molecule has 17 heavy (non-hydrogen) atoms. The van der Waals surface area contributed by atoms with E-state index in [4.69, 9.17) is 9.47 Å². The van der Waals surface area contributed by atoms with E-state index in [0.717, 1.165) is 6.42 Å². The van der Waals surface area contributed by atoms with Gasteiger partial charge in [0.15, 0.2) is 5.78 Å². The molecule has 1 atom stereocenters. The number of rotatable bonds is 9. The van der Waals surface area contributed by atoms with E-state index in [1.807, 2.05) is 0 Å². The first kappa shape index (κ1) is 14.7. The van der Waals surface area contributed by atoms with Gasteiger partial charge in [-0.3, -0.25) is 4.79 Å². The number of carbonyl (C=O) groups is 1. The van der Waals surface area contributed by atoms with Crippen LogP contribution in [0.15, 0.2) is 0 Å². The lowest BCUT2D eigenvalue weighted by atomic mass is 10.0. The summed E-state index contributed by atoms with van der Waals surface area (Å²) >= 11 is 0. The van der Waals surface area contributed by atoms with E-state index < -0.39 is 0 Å². The van der Waals surface area contributed by atoms with Crippen LogP contribution in [-0.4, -0.2) is 31.7 Å². The predicted octanol–water partition coefficient (Wildman–Crippen LogP) is 3.11. The number of hydrogen-bond donors (Lipinski definition) is 0. The van der Waals surface area contributed by atoms with Crippen molar-refractivity contribution in [2.75, 3.05) is 19.8 Å². The SMILES string of the molecule is CCCCCCCCCC(=O)C1COCCO1. The van der Waals surface area contributed by atoms with Crippen molar-refractivity contribution in [3.05, 3.63) is 0 Å². The highest BCUT2D eigenvalue weighted by atomic mass is 16.6. The Morgan fingerprint density at radius 2 is 1.76 bits per heavy atom. The third-order valence-corrected chi connectivity index (χ3v) is 3.20. The number of unbranched alkanes of at least 4 members (excludes halogenated alkanes) is 6. The molecular weight excluding hydrogens is 216 g/mol. The van der Waals surface area contributed by atoms with Crippen LogP contribution in [0, 0.1) is 0 Å². The minimum absolute atomic E-state index is 0.221. The minimum Gasteiger partial charge on any atom is -0.376 e. The average Bonchev–Trinajstić information content (AvgIpc) is 2.38. The van der Waals surface area contributed by atoms with E-state index in [9.17, 15) is 4.79 Å². The van der Waals surface area contributed by atoms with Crippen LogP contribution in [0.2, 0.25) is 0 Å². The Hall–Kier alpha value is -0.410. The summed E-state index contributed by atoms with van der Waals surface area (Å²) in [6.07, 6.45) is 9.08. The van der Waals surface area contributed by atoms with Crippen LogP contribution in [0.25, 0.3) is 0 Å². The summed E-state index contributed by atoms with van der Waals surface area (Å²) in [5.74, 6) is 0.221. The summed E-state index contributed by atoms with van der Waals surface area (Å²) in [7, 11) is 0. The largest absolute Gasteiger partial charge is 0.376 e. The van der Waals surface area contributed by atoms with Crippen molar-refractivity contribution < 1.29 is 14.3 Å². The minimum atomic E-state index is -0.288. The van der Waals surface area contributed by atoms with Crippen molar-refractivity contribution in [1.29, 1.82) is 0 Å². The van der Waals surface area contributed by atoms with Crippen LogP contribution in [0.4, 0.5) is 0 Å². The Bertz CT molecular complexity index is 198. The molecule has 0 aliphatic carbocycles. The Labute approximate surface area is 105 Å². The molecule has 1 aliphatic heterocycles. The topological polar surface area (TPSA) is 35.5 Å². The molecule has 1 fully saturated rings. The fraction of sp³-hybridized carbons (Fsp3) is 0.929. The van der Waals surface area contributed by atoms with Gasteiger partial charge in [-0.25, -0.2) is 0 Å². The van der Waals surface area contributed by atoms with E-state index in [1.165, 1.54) is 38.5 Å². The second kappa shape index (κ2) is 9.60.